The molecule has 4 rings (SSSR count). The minimum absolute atomic E-state index is 0.757. The molecule has 2 N–H and O–H groups in total. The van der Waals surface area contributed by atoms with Gasteiger partial charge in [-0.05, 0) is 62.2 Å². The van der Waals surface area contributed by atoms with Gasteiger partial charge in [0.15, 0.2) is 0 Å². The predicted octanol–water partition coefficient (Wildman–Crippen LogP) is 4.17. The van der Waals surface area contributed by atoms with E-state index < -0.39 is 0 Å². The lowest BCUT2D eigenvalue weighted by atomic mass is 10.1. The van der Waals surface area contributed by atoms with E-state index in [1.54, 1.807) is 0 Å². The molecule has 0 spiro atoms. The third-order valence-corrected chi connectivity index (χ3v) is 4.13. The Morgan fingerprint density at radius 1 is 0.957 bits per heavy atom. The number of anilines is 2. The van der Waals surface area contributed by atoms with Gasteiger partial charge in [0.25, 0.3) is 0 Å². The third-order valence-electron chi connectivity index (χ3n) is 4.13. The van der Waals surface area contributed by atoms with E-state index >= 15 is 0 Å². The lowest BCUT2D eigenvalue weighted by Gasteiger charge is -2.11. The van der Waals surface area contributed by atoms with Gasteiger partial charge in [0, 0.05) is 16.5 Å². The quantitative estimate of drug-likeness (QED) is 0.583. The lowest BCUT2D eigenvalue weighted by Crippen LogP contribution is -2.00. The summed E-state index contributed by atoms with van der Waals surface area (Å²) in [5.41, 5.74) is 5.44. The summed E-state index contributed by atoms with van der Waals surface area (Å²) in [5.74, 6) is 1.59. The van der Waals surface area contributed by atoms with Crippen LogP contribution in [0.25, 0.3) is 21.8 Å². The first-order valence-electron chi connectivity index (χ1n) is 7.56. The largest absolute Gasteiger partial charge is 0.340 e. The Bertz CT molecular complexity index is 1030. The van der Waals surface area contributed by atoms with Gasteiger partial charge in [-0.2, -0.15) is 5.10 Å². The molecule has 4 aromatic rings. The molecule has 0 fully saturated rings. The summed E-state index contributed by atoms with van der Waals surface area (Å²) in [6.45, 7) is 6.13. The number of benzene rings is 2. The fourth-order valence-electron chi connectivity index (χ4n) is 2.76. The van der Waals surface area contributed by atoms with E-state index in [4.69, 9.17) is 0 Å². The third kappa shape index (κ3) is 2.40. The smallest absolute Gasteiger partial charge is 0.142 e. The number of hydrogen-bond donors (Lipinski definition) is 2. The Hall–Kier alpha value is -2.95. The summed E-state index contributed by atoms with van der Waals surface area (Å²) >= 11 is 0. The molecule has 0 saturated carbocycles. The number of rotatable bonds is 2. The topological polar surface area (TPSA) is 66.5 Å². The van der Waals surface area contributed by atoms with E-state index in [-0.39, 0.29) is 0 Å². The number of fused-ring (bicyclic) bond motifs is 2. The van der Waals surface area contributed by atoms with Crippen LogP contribution in [0, 0.1) is 20.8 Å². The van der Waals surface area contributed by atoms with Crippen molar-refractivity contribution in [1.29, 1.82) is 0 Å². The van der Waals surface area contributed by atoms with Crippen molar-refractivity contribution in [3.63, 3.8) is 0 Å². The van der Waals surface area contributed by atoms with Gasteiger partial charge in [-0.3, -0.25) is 5.10 Å². The Balaban J connectivity index is 1.85. The summed E-state index contributed by atoms with van der Waals surface area (Å²) in [6, 6.07) is 10.3. The van der Waals surface area contributed by atoms with Gasteiger partial charge in [-0.25, -0.2) is 9.97 Å². The molecule has 0 bridgehead atoms. The van der Waals surface area contributed by atoms with E-state index in [9.17, 15) is 0 Å². The van der Waals surface area contributed by atoms with E-state index in [1.165, 1.54) is 11.1 Å². The highest BCUT2D eigenvalue weighted by Crippen LogP contribution is 2.27. The van der Waals surface area contributed by atoms with E-state index in [1.807, 2.05) is 25.3 Å². The van der Waals surface area contributed by atoms with Crippen LogP contribution in [0.2, 0.25) is 0 Å². The predicted molar refractivity (Wildman–Crippen MR) is 93.1 cm³/mol. The Kier molecular flexibility index (Phi) is 3.01. The van der Waals surface area contributed by atoms with Crippen molar-refractivity contribution in [1.82, 2.24) is 20.2 Å². The van der Waals surface area contributed by atoms with Crippen LogP contribution >= 0.6 is 0 Å². The molecular formula is C18H17N5. The van der Waals surface area contributed by atoms with Crippen molar-refractivity contribution in [2.24, 2.45) is 0 Å². The fraction of sp³-hybridized carbons (Fsp3) is 0.167. The van der Waals surface area contributed by atoms with Crippen LogP contribution in [0.4, 0.5) is 11.5 Å². The Morgan fingerprint density at radius 3 is 2.65 bits per heavy atom. The molecule has 5 nitrogen and oxygen atoms in total. The number of nitrogens with zero attached hydrogens (tertiary/aromatic N) is 3. The van der Waals surface area contributed by atoms with Crippen molar-refractivity contribution in [3.05, 3.63) is 53.5 Å². The number of hydrogen-bond acceptors (Lipinski definition) is 4. The van der Waals surface area contributed by atoms with Gasteiger partial charge in [-0.1, -0.05) is 0 Å². The number of aromatic nitrogens is 4. The molecule has 0 aliphatic carbocycles. The summed E-state index contributed by atoms with van der Waals surface area (Å²) < 4.78 is 0. The van der Waals surface area contributed by atoms with Crippen LogP contribution in [0.5, 0.6) is 0 Å². The molecule has 0 aliphatic heterocycles. The second-order valence-electron chi connectivity index (χ2n) is 5.87. The van der Waals surface area contributed by atoms with Gasteiger partial charge >= 0.3 is 0 Å². The van der Waals surface area contributed by atoms with Gasteiger partial charge in [-0.15, -0.1) is 0 Å². The van der Waals surface area contributed by atoms with Crippen molar-refractivity contribution in [3.8, 4) is 0 Å². The zero-order chi connectivity index (χ0) is 16.0. The first-order chi connectivity index (χ1) is 11.1. The van der Waals surface area contributed by atoms with Crippen LogP contribution < -0.4 is 5.32 Å². The first kappa shape index (κ1) is 13.7. The minimum atomic E-state index is 0.757. The molecule has 0 amide bonds. The van der Waals surface area contributed by atoms with Crippen LogP contribution in [0.15, 0.2) is 36.5 Å². The van der Waals surface area contributed by atoms with Gasteiger partial charge < -0.3 is 5.32 Å². The maximum atomic E-state index is 4.59. The highest BCUT2D eigenvalue weighted by molar-refractivity contribution is 5.93. The van der Waals surface area contributed by atoms with Crippen molar-refractivity contribution in [2.45, 2.75) is 20.8 Å². The molecule has 114 valence electrons. The fourth-order valence-corrected chi connectivity index (χ4v) is 2.76. The molecule has 2 heterocycles. The maximum absolute atomic E-state index is 4.59. The van der Waals surface area contributed by atoms with Gasteiger partial charge in [0.05, 0.1) is 17.2 Å². The average Bonchev–Trinajstić information content (AvgIpc) is 2.97. The zero-order valence-electron chi connectivity index (χ0n) is 13.3. The molecule has 0 atom stereocenters. The van der Waals surface area contributed by atoms with Crippen LogP contribution in [-0.2, 0) is 0 Å². The molecule has 2 aromatic heterocycles. The first-order valence-corrected chi connectivity index (χ1v) is 7.56. The average molecular weight is 303 g/mol. The molecule has 0 aliphatic rings. The Morgan fingerprint density at radius 2 is 1.78 bits per heavy atom. The van der Waals surface area contributed by atoms with Crippen LogP contribution in [0.3, 0.4) is 0 Å². The molecule has 0 radical (unpaired) electrons. The Labute approximate surface area is 133 Å². The molecule has 0 unspecified atom stereocenters. The highest BCUT2D eigenvalue weighted by atomic mass is 15.1. The van der Waals surface area contributed by atoms with Crippen molar-refractivity contribution >= 4 is 33.3 Å². The maximum Gasteiger partial charge on any atom is 0.142 e. The SMILES string of the molecule is Cc1nc(Nc2ccc3[nH]ncc3c2)c2cc(C)c(C)cc2n1. The molecule has 0 saturated heterocycles. The molecule has 2 aromatic carbocycles. The van der Waals surface area contributed by atoms with E-state index in [0.717, 1.165) is 39.1 Å². The summed E-state index contributed by atoms with van der Waals surface area (Å²) in [5, 5.41) is 12.5. The molecule has 5 heteroatoms. The van der Waals surface area contributed by atoms with Crippen molar-refractivity contribution in [2.75, 3.05) is 5.32 Å². The molecule has 23 heavy (non-hydrogen) atoms. The number of aromatic amines is 1. The second-order valence-corrected chi connectivity index (χ2v) is 5.87. The van der Waals surface area contributed by atoms with Crippen LogP contribution in [0.1, 0.15) is 17.0 Å². The van der Waals surface area contributed by atoms with E-state index in [2.05, 4.69) is 57.5 Å². The number of nitrogens with one attached hydrogen (secondary N) is 2. The normalized spacial score (nSPS) is 11.3. The minimum Gasteiger partial charge on any atom is -0.340 e. The molecular weight excluding hydrogens is 286 g/mol. The van der Waals surface area contributed by atoms with E-state index in [0.29, 0.717) is 0 Å². The monoisotopic (exact) mass is 303 g/mol. The van der Waals surface area contributed by atoms with Gasteiger partial charge in [0.2, 0.25) is 0 Å². The number of H-pyrrole nitrogens is 1. The number of aryl methyl sites for hydroxylation is 3. The lowest BCUT2D eigenvalue weighted by molar-refractivity contribution is 1.09. The van der Waals surface area contributed by atoms with Crippen molar-refractivity contribution < 1.29 is 0 Å². The second kappa shape index (κ2) is 5.05. The standard InChI is InChI=1S/C18H17N5/c1-10-6-15-17(7-11(10)2)20-12(3)21-18(15)22-14-4-5-16-13(8-14)9-19-23-16/h4-9H,1-3H3,(H,19,23)(H,20,21,22). The highest BCUT2D eigenvalue weighted by Gasteiger charge is 2.09. The van der Waals surface area contributed by atoms with Gasteiger partial charge in [0.1, 0.15) is 11.6 Å². The summed E-state index contributed by atoms with van der Waals surface area (Å²) in [4.78, 5) is 9.14. The summed E-state index contributed by atoms with van der Waals surface area (Å²) in [7, 11) is 0. The van der Waals surface area contributed by atoms with Crippen LogP contribution in [-0.4, -0.2) is 20.2 Å². The zero-order valence-corrected chi connectivity index (χ0v) is 13.3. The summed E-state index contributed by atoms with van der Waals surface area (Å²) in [6.07, 6.45) is 1.82.